The van der Waals surface area contributed by atoms with Crippen LogP contribution in [-0.2, 0) is 0 Å². The van der Waals surface area contributed by atoms with E-state index in [-0.39, 0.29) is 5.91 Å². The zero-order valence-electron chi connectivity index (χ0n) is 9.85. The lowest BCUT2D eigenvalue weighted by Gasteiger charge is -2.08. The summed E-state index contributed by atoms with van der Waals surface area (Å²) >= 11 is 2.15. The Bertz CT molecular complexity index is 677. The van der Waals surface area contributed by atoms with E-state index >= 15 is 0 Å². The Morgan fingerprint density at radius 2 is 2.05 bits per heavy atom. The van der Waals surface area contributed by atoms with Gasteiger partial charge in [-0.3, -0.25) is 4.79 Å². The molecule has 3 N–H and O–H groups in total. The number of nitrogen functional groups attached to an aromatic ring is 1. The summed E-state index contributed by atoms with van der Waals surface area (Å²) in [5.41, 5.74) is 7.69. The molecule has 0 heterocycles. The Balaban J connectivity index is 2.22. The molecule has 94 valence electrons. The van der Waals surface area contributed by atoms with Gasteiger partial charge in [-0.15, -0.1) is 0 Å². The second kappa shape index (κ2) is 5.71. The minimum absolute atomic E-state index is 0.227. The normalized spacial score (nSPS) is 9.68. The topological polar surface area (TPSA) is 78.9 Å². The molecule has 19 heavy (non-hydrogen) atoms. The van der Waals surface area contributed by atoms with Crippen molar-refractivity contribution in [1.82, 2.24) is 0 Å². The van der Waals surface area contributed by atoms with Gasteiger partial charge in [0.15, 0.2) is 0 Å². The van der Waals surface area contributed by atoms with Gasteiger partial charge in [-0.25, -0.2) is 0 Å². The largest absolute Gasteiger partial charge is 0.397 e. The Morgan fingerprint density at radius 3 is 2.68 bits per heavy atom. The van der Waals surface area contributed by atoms with Crippen molar-refractivity contribution in [2.75, 3.05) is 11.1 Å². The van der Waals surface area contributed by atoms with Crippen molar-refractivity contribution < 1.29 is 4.79 Å². The number of nitriles is 1. The van der Waals surface area contributed by atoms with Crippen LogP contribution in [0.15, 0.2) is 42.5 Å². The Labute approximate surface area is 124 Å². The van der Waals surface area contributed by atoms with Gasteiger partial charge in [0.05, 0.1) is 23.0 Å². The highest BCUT2D eigenvalue weighted by Gasteiger charge is 2.08. The van der Waals surface area contributed by atoms with Gasteiger partial charge in [0.2, 0.25) is 0 Å². The van der Waals surface area contributed by atoms with Crippen LogP contribution in [0.25, 0.3) is 0 Å². The van der Waals surface area contributed by atoms with Gasteiger partial charge < -0.3 is 11.1 Å². The number of nitrogens with two attached hydrogens (primary N) is 1. The monoisotopic (exact) mass is 363 g/mol. The maximum absolute atomic E-state index is 12.0. The molecular formula is C14H10IN3O. The molecule has 0 aliphatic rings. The molecule has 0 aliphatic carbocycles. The van der Waals surface area contributed by atoms with Crippen LogP contribution < -0.4 is 11.1 Å². The van der Waals surface area contributed by atoms with Crippen molar-refractivity contribution in [3.63, 3.8) is 0 Å². The van der Waals surface area contributed by atoms with Crippen LogP contribution in [0.4, 0.5) is 11.4 Å². The number of anilines is 2. The number of nitrogens with zero attached hydrogens (tertiary/aromatic N) is 1. The molecule has 0 spiro atoms. The van der Waals surface area contributed by atoms with Gasteiger partial charge in [0, 0.05) is 9.13 Å². The van der Waals surface area contributed by atoms with E-state index in [0.29, 0.717) is 22.5 Å². The summed E-state index contributed by atoms with van der Waals surface area (Å²) in [5.74, 6) is -0.227. The van der Waals surface area contributed by atoms with Crippen LogP contribution in [0.2, 0.25) is 0 Å². The van der Waals surface area contributed by atoms with E-state index in [4.69, 9.17) is 11.0 Å². The average Bonchev–Trinajstić information content (AvgIpc) is 2.41. The number of carbonyl (C=O) groups excluding carboxylic acids is 1. The third-order valence-corrected chi connectivity index (χ3v) is 3.19. The highest BCUT2D eigenvalue weighted by molar-refractivity contribution is 14.1. The molecule has 0 radical (unpaired) electrons. The summed E-state index contributed by atoms with van der Waals surface area (Å²) in [6.07, 6.45) is 0. The average molecular weight is 363 g/mol. The lowest BCUT2D eigenvalue weighted by molar-refractivity contribution is 0.102. The highest BCUT2D eigenvalue weighted by atomic mass is 127. The van der Waals surface area contributed by atoms with Crippen LogP contribution in [0, 0.1) is 14.9 Å². The maximum atomic E-state index is 12.0. The van der Waals surface area contributed by atoms with Gasteiger partial charge in [0.25, 0.3) is 5.91 Å². The minimum Gasteiger partial charge on any atom is -0.397 e. The van der Waals surface area contributed by atoms with Crippen molar-refractivity contribution >= 4 is 39.9 Å². The fraction of sp³-hybridized carbons (Fsp3) is 0. The van der Waals surface area contributed by atoms with E-state index < -0.39 is 0 Å². The second-order valence-electron chi connectivity index (χ2n) is 3.88. The number of amides is 1. The lowest BCUT2D eigenvalue weighted by Crippen LogP contribution is -2.13. The van der Waals surface area contributed by atoms with Gasteiger partial charge in [-0.1, -0.05) is 6.07 Å². The number of nitrogens with one attached hydrogen (secondary N) is 1. The van der Waals surface area contributed by atoms with Crippen molar-refractivity contribution in [3.05, 3.63) is 57.2 Å². The number of hydrogen-bond acceptors (Lipinski definition) is 3. The molecule has 2 aromatic carbocycles. The van der Waals surface area contributed by atoms with Crippen molar-refractivity contribution in [2.24, 2.45) is 0 Å². The van der Waals surface area contributed by atoms with Gasteiger partial charge in [0.1, 0.15) is 0 Å². The Hall–Kier alpha value is -2.07. The van der Waals surface area contributed by atoms with E-state index in [9.17, 15) is 4.79 Å². The summed E-state index contributed by atoms with van der Waals surface area (Å²) in [4.78, 5) is 12.0. The van der Waals surface area contributed by atoms with Crippen LogP contribution in [0.3, 0.4) is 0 Å². The quantitative estimate of drug-likeness (QED) is 0.636. The maximum Gasteiger partial charge on any atom is 0.255 e. The van der Waals surface area contributed by atoms with Crippen molar-refractivity contribution in [1.29, 1.82) is 5.26 Å². The van der Waals surface area contributed by atoms with E-state index in [0.717, 1.165) is 3.57 Å². The van der Waals surface area contributed by atoms with Crippen molar-refractivity contribution in [3.8, 4) is 6.07 Å². The molecule has 0 atom stereocenters. The SMILES string of the molecule is N#Cc1ccc(NC(=O)c2cccc(I)c2)c(N)c1. The molecule has 2 aromatic rings. The summed E-state index contributed by atoms with van der Waals surface area (Å²) in [6.45, 7) is 0. The third-order valence-electron chi connectivity index (χ3n) is 2.52. The zero-order chi connectivity index (χ0) is 13.8. The van der Waals surface area contributed by atoms with Gasteiger partial charge >= 0.3 is 0 Å². The number of carbonyl (C=O) groups is 1. The smallest absolute Gasteiger partial charge is 0.255 e. The first-order valence-corrected chi connectivity index (χ1v) is 6.54. The molecular weight excluding hydrogens is 353 g/mol. The van der Waals surface area contributed by atoms with Crippen LogP contribution in [0.1, 0.15) is 15.9 Å². The fourth-order valence-electron chi connectivity index (χ4n) is 1.57. The molecule has 0 fully saturated rings. The Kier molecular flexibility index (Phi) is 4.02. The molecule has 0 saturated carbocycles. The van der Waals surface area contributed by atoms with Crippen LogP contribution in [0.5, 0.6) is 0 Å². The molecule has 1 amide bonds. The fourth-order valence-corrected chi connectivity index (χ4v) is 2.11. The first-order chi connectivity index (χ1) is 9.10. The van der Waals surface area contributed by atoms with Crippen LogP contribution >= 0.6 is 22.6 Å². The number of halogens is 1. The van der Waals surface area contributed by atoms with E-state index in [1.54, 1.807) is 24.3 Å². The summed E-state index contributed by atoms with van der Waals surface area (Å²) < 4.78 is 0.984. The standard InChI is InChI=1S/C14H10IN3O/c15-11-3-1-2-10(7-11)14(19)18-13-5-4-9(8-16)6-12(13)17/h1-7H,17H2,(H,18,19). The number of rotatable bonds is 2. The number of hydrogen-bond donors (Lipinski definition) is 2. The third kappa shape index (κ3) is 3.23. The molecule has 5 heteroatoms. The predicted molar refractivity (Wildman–Crippen MR) is 82.7 cm³/mol. The molecule has 0 aliphatic heterocycles. The molecule has 2 rings (SSSR count). The molecule has 0 bridgehead atoms. The van der Waals surface area contributed by atoms with Crippen molar-refractivity contribution in [2.45, 2.75) is 0 Å². The summed E-state index contributed by atoms with van der Waals surface area (Å²) in [7, 11) is 0. The Morgan fingerprint density at radius 1 is 1.26 bits per heavy atom. The first-order valence-electron chi connectivity index (χ1n) is 5.46. The van der Waals surface area contributed by atoms with Gasteiger partial charge in [-0.05, 0) is 59.0 Å². The molecule has 4 nitrogen and oxygen atoms in total. The minimum atomic E-state index is -0.227. The van der Waals surface area contributed by atoms with Gasteiger partial charge in [-0.2, -0.15) is 5.26 Å². The predicted octanol–water partition coefficient (Wildman–Crippen LogP) is 3.00. The van der Waals surface area contributed by atoms with Crippen LogP contribution in [-0.4, -0.2) is 5.91 Å². The summed E-state index contributed by atoms with van der Waals surface area (Å²) in [6, 6.07) is 14.0. The van der Waals surface area contributed by atoms with E-state index in [1.165, 1.54) is 6.07 Å². The molecule has 0 saturated heterocycles. The molecule has 0 unspecified atom stereocenters. The zero-order valence-corrected chi connectivity index (χ0v) is 12.0. The first kappa shape index (κ1) is 13.4. The lowest BCUT2D eigenvalue weighted by atomic mass is 10.1. The summed E-state index contributed by atoms with van der Waals surface area (Å²) in [5, 5.41) is 11.5. The highest BCUT2D eigenvalue weighted by Crippen LogP contribution is 2.20. The van der Waals surface area contributed by atoms with E-state index in [2.05, 4.69) is 27.9 Å². The second-order valence-corrected chi connectivity index (χ2v) is 5.12. The number of benzene rings is 2. The van der Waals surface area contributed by atoms with E-state index in [1.807, 2.05) is 18.2 Å². The molecule has 0 aromatic heterocycles.